The maximum absolute atomic E-state index is 12.0. The lowest BCUT2D eigenvalue weighted by atomic mass is 10.1. The number of amides is 1. The van der Waals surface area contributed by atoms with E-state index in [0.717, 1.165) is 25.0 Å². The molecule has 0 aromatic heterocycles. The number of ether oxygens (including phenoxy) is 1. The second-order valence-electron chi connectivity index (χ2n) is 6.25. The van der Waals surface area contributed by atoms with Crippen molar-refractivity contribution < 1.29 is 9.53 Å². The largest absolute Gasteiger partial charge is 0.490 e. The van der Waals surface area contributed by atoms with E-state index >= 15 is 0 Å². The van der Waals surface area contributed by atoms with Crippen LogP contribution in [-0.4, -0.2) is 18.1 Å². The number of rotatable bonds is 8. The van der Waals surface area contributed by atoms with Gasteiger partial charge >= 0.3 is 0 Å². The molecule has 1 aromatic carbocycles. The Morgan fingerprint density at radius 1 is 1.27 bits per heavy atom. The number of carbonyl (C=O) groups excluding carboxylic acids is 1. The molecule has 1 N–H and O–H groups in total. The molecule has 1 aromatic rings. The van der Waals surface area contributed by atoms with Crippen molar-refractivity contribution in [2.45, 2.75) is 77.4 Å². The van der Waals surface area contributed by atoms with Crippen molar-refractivity contribution in [2.24, 2.45) is 0 Å². The number of nitrogens with one attached hydrogen (secondary N) is 1. The third kappa shape index (κ3) is 5.36. The minimum atomic E-state index is 0.149. The summed E-state index contributed by atoms with van der Waals surface area (Å²) >= 11 is 0. The minimum Gasteiger partial charge on any atom is -0.490 e. The van der Waals surface area contributed by atoms with E-state index in [1.165, 1.54) is 31.2 Å². The van der Waals surface area contributed by atoms with Gasteiger partial charge in [0.1, 0.15) is 5.75 Å². The molecule has 2 rings (SSSR count). The van der Waals surface area contributed by atoms with Crippen LogP contribution in [0.2, 0.25) is 0 Å². The standard InChI is InChI=1S/C19H29NO2/c1-3-16(4-2)20-19(21)13-12-15-8-7-11-18(14-15)22-17-9-5-6-10-17/h7-8,11,14,16-17H,3-6,9-10,12-13H2,1-2H3,(H,20,21). The van der Waals surface area contributed by atoms with E-state index in [-0.39, 0.29) is 5.91 Å². The number of benzene rings is 1. The molecule has 3 heteroatoms. The molecule has 1 amide bonds. The van der Waals surface area contributed by atoms with Gasteiger partial charge < -0.3 is 10.1 Å². The monoisotopic (exact) mass is 303 g/mol. The van der Waals surface area contributed by atoms with E-state index in [2.05, 4.69) is 31.3 Å². The minimum absolute atomic E-state index is 0.149. The number of hydrogen-bond acceptors (Lipinski definition) is 2. The molecule has 0 unspecified atom stereocenters. The van der Waals surface area contributed by atoms with Crippen LogP contribution in [0.25, 0.3) is 0 Å². The van der Waals surface area contributed by atoms with E-state index in [0.29, 0.717) is 18.6 Å². The highest BCUT2D eigenvalue weighted by Gasteiger charge is 2.16. The van der Waals surface area contributed by atoms with E-state index in [1.807, 2.05) is 12.1 Å². The fraction of sp³-hybridized carbons (Fsp3) is 0.632. The number of aryl methyl sites for hydroxylation is 1. The van der Waals surface area contributed by atoms with Gasteiger partial charge in [0.05, 0.1) is 6.10 Å². The first-order valence-corrected chi connectivity index (χ1v) is 8.76. The summed E-state index contributed by atoms with van der Waals surface area (Å²) in [4.78, 5) is 12.0. The molecule has 0 bridgehead atoms. The second-order valence-corrected chi connectivity index (χ2v) is 6.25. The lowest BCUT2D eigenvalue weighted by Gasteiger charge is -2.15. The third-order valence-electron chi connectivity index (χ3n) is 4.49. The molecular formula is C19H29NO2. The van der Waals surface area contributed by atoms with Gasteiger partial charge in [-0.3, -0.25) is 4.79 Å². The summed E-state index contributed by atoms with van der Waals surface area (Å²) in [6.07, 6.45) is 8.58. The SMILES string of the molecule is CCC(CC)NC(=O)CCc1cccc(OC2CCCC2)c1. The highest BCUT2D eigenvalue weighted by atomic mass is 16.5. The van der Waals surface area contributed by atoms with Gasteiger partial charge in [0, 0.05) is 12.5 Å². The van der Waals surface area contributed by atoms with Gasteiger partial charge in [-0.1, -0.05) is 26.0 Å². The zero-order valence-corrected chi connectivity index (χ0v) is 13.9. The van der Waals surface area contributed by atoms with Crippen LogP contribution < -0.4 is 10.1 Å². The summed E-state index contributed by atoms with van der Waals surface area (Å²) in [5.41, 5.74) is 1.18. The van der Waals surface area contributed by atoms with Crippen molar-refractivity contribution in [1.29, 1.82) is 0 Å². The molecule has 0 radical (unpaired) electrons. The average Bonchev–Trinajstić information content (AvgIpc) is 3.04. The van der Waals surface area contributed by atoms with Crippen LogP contribution in [-0.2, 0) is 11.2 Å². The number of hydrogen-bond donors (Lipinski definition) is 1. The Labute approximate surface area is 134 Å². The Morgan fingerprint density at radius 3 is 2.68 bits per heavy atom. The van der Waals surface area contributed by atoms with E-state index in [4.69, 9.17) is 4.74 Å². The Kier molecular flexibility index (Phi) is 6.75. The highest BCUT2D eigenvalue weighted by Crippen LogP contribution is 2.24. The highest BCUT2D eigenvalue weighted by molar-refractivity contribution is 5.76. The fourth-order valence-corrected chi connectivity index (χ4v) is 3.02. The summed E-state index contributed by atoms with van der Waals surface area (Å²) < 4.78 is 6.02. The summed E-state index contributed by atoms with van der Waals surface area (Å²) in [6.45, 7) is 4.22. The quantitative estimate of drug-likeness (QED) is 0.780. The Hall–Kier alpha value is -1.51. The molecule has 0 heterocycles. The van der Waals surface area contributed by atoms with Crippen LogP contribution in [0.3, 0.4) is 0 Å². The topological polar surface area (TPSA) is 38.3 Å². The predicted octanol–water partition coefficient (Wildman–Crippen LogP) is 4.25. The van der Waals surface area contributed by atoms with Gasteiger partial charge in [-0.05, 0) is 62.6 Å². The molecule has 0 spiro atoms. The van der Waals surface area contributed by atoms with Crippen molar-refractivity contribution in [3.05, 3.63) is 29.8 Å². The Balaban J connectivity index is 1.81. The van der Waals surface area contributed by atoms with Gasteiger partial charge in [-0.25, -0.2) is 0 Å². The zero-order valence-electron chi connectivity index (χ0n) is 13.9. The maximum atomic E-state index is 12.0. The first kappa shape index (κ1) is 16.9. The second kappa shape index (κ2) is 8.82. The molecule has 0 atom stereocenters. The van der Waals surface area contributed by atoms with Crippen LogP contribution in [0.4, 0.5) is 0 Å². The molecule has 1 aliphatic carbocycles. The first-order valence-electron chi connectivity index (χ1n) is 8.76. The van der Waals surface area contributed by atoms with Gasteiger partial charge in [0.25, 0.3) is 0 Å². The van der Waals surface area contributed by atoms with Crippen LogP contribution in [0.1, 0.15) is 64.4 Å². The van der Waals surface area contributed by atoms with Crippen LogP contribution in [0.15, 0.2) is 24.3 Å². The molecule has 1 aliphatic rings. The van der Waals surface area contributed by atoms with E-state index < -0.39 is 0 Å². The van der Waals surface area contributed by atoms with E-state index in [9.17, 15) is 4.79 Å². The Bertz CT molecular complexity index is 462. The van der Waals surface area contributed by atoms with Gasteiger partial charge in [0.15, 0.2) is 0 Å². The predicted molar refractivity (Wildman–Crippen MR) is 90.2 cm³/mol. The molecule has 122 valence electrons. The summed E-state index contributed by atoms with van der Waals surface area (Å²) in [5.74, 6) is 1.10. The molecule has 0 saturated heterocycles. The smallest absolute Gasteiger partial charge is 0.220 e. The van der Waals surface area contributed by atoms with E-state index in [1.54, 1.807) is 0 Å². The fourth-order valence-electron chi connectivity index (χ4n) is 3.02. The van der Waals surface area contributed by atoms with Crippen LogP contribution in [0.5, 0.6) is 5.75 Å². The van der Waals surface area contributed by atoms with Crippen LogP contribution >= 0.6 is 0 Å². The zero-order chi connectivity index (χ0) is 15.8. The molecule has 1 fully saturated rings. The van der Waals surface area contributed by atoms with Crippen molar-refractivity contribution in [2.75, 3.05) is 0 Å². The first-order chi connectivity index (χ1) is 10.7. The average molecular weight is 303 g/mol. The van der Waals surface area contributed by atoms with Crippen molar-refractivity contribution in [3.63, 3.8) is 0 Å². The van der Waals surface area contributed by atoms with Crippen LogP contribution in [0, 0.1) is 0 Å². The van der Waals surface area contributed by atoms with Crippen molar-refractivity contribution >= 4 is 5.91 Å². The maximum Gasteiger partial charge on any atom is 0.220 e. The summed E-state index contributed by atoms with van der Waals surface area (Å²) in [7, 11) is 0. The van der Waals surface area contributed by atoms with Gasteiger partial charge in [-0.15, -0.1) is 0 Å². The number of carbonyl (C=O) groups is 1. The van der Waals surface area contributed by atoms with Gasteiger partial charge in [0.2, 0.25) is 5.91 Å². The normalized spacial score (nSPS) is 15.2. The van der Waals surface area contributed by atoms with Crippen molar-refractivity contribution in [3.8, 4) is 5.75 Å². The molecular weight excluding hydrogens is 274 g/mol. The summed E-state index contributed by atoms with van der Waals surface area (Å²) in [6, 6.07) is 8.52. The van der Waals surface area contributed by atoms with Gasteiger partial charge in [-0.2, -0.15) is 0 Å². The molecule has 1 saturated carbocycles. The lowest BCUT2D eigenvalue weighted by Crippen LogP contribution is -2.33. The molecule has 3 nitrogen and oxygen atoms in total. The third-order valence-corrected chi connectivity index (χ3v) is 4.49. The molecule has 0 aliphatic heterocycles. The Morgan fingerprint density at radius 2 is 2.00 bits per heavy atom. The molecule has 22 heavy (non-hydrogen) atoms. The lowest BCUT2D eigenvalue weighted by molar-refractivity contribution is -0.121. The summed E-state index contributed by atoms with van der Waals surface area (Å²) in [5, 5.41) is 3.09. The van der Waals surface area contributed by atoms with Crippen molar-refractivity contribution in [1.82, 2.24) is 5.32 Å².